The molecule has 3 nitrogen and oxygen atoms in total. The van der Waals surface area contributed by atoms with Gasteiger partial charge < -0.3 is 9.88 Å². The molecule has 1 aromatic heterocycles. The van der Waals surface area contributed by atoms with Gasteiger partial charge in [-0.2, -0.15) is 0 Å². The molecule has 11 heavy (non-hydrogen) atoms. The van der Waals surface area contributed by atoms with E-state index in [1.54, 1.807) is 0 Å². The minimum absolute atomic E-state index is 0.362. The van der Waals surface area contributed by atoms with Crippen LogP contribution in [0.25, 0.3) is 0 Å². The van der Waals surface area contributed by atoms with Crippen LogP contribution < -0.4 is 5.32 Å². The lowest BCUT2D eigenvalue weighted by Gasteiger charge is -2.07. The topological polar surface area (TPSA) is 29.9 Å². The Hall–Kier alpha value is -0.830. The van der Waals surface area contributed by atoms with Gasteiger partial charge >= 0.3 is 0 Å². The third kappa shape index (κ3) is 2.05. The highest BCUT2D eigenvalue weighted by Crippen LogP contribution is 2.06. The lowest BCUT2D eigenvalue weighted by Crippen LogP contribution is -2.17. The Balaban J connectivity index is 2.60. The number of aromatic nitrogens is 2. The molecule has 3 heteroatoms. The summed E-state index contributed by atoms with van der Waals surface area (Å²) in [4.78, 5) is 4.23. The van der Waals surface area contributed by atoms with Gasteiger partial charge in [0.15, 0.2) is 0 Å². The van der Waals surface area contributed by atoms with E-state index in [1.165, 1.54) is 0 Å². The Kier molecular flexibility index (Phi) is 2.65. The summed E-state index contributed by atoms with van der Waals surface area (Å²) < 4.78 is 1.96. The van der Waals surface area contributed by atoms with Crippen LogP contribution in [0.1, 0.15) is 25.6 Å². The largest absolute Gasteiger partial charge is 0.340 e. The number of rotatable bonds is 3. The van der Waals surface area contributed by atoms with Crippen LogP contribution in [0.3, 0.4) is 0 Å². The van der Waals surface area contributed by atoms with Crippen molar-refractivity contribution >= 4 is 0 Å². The molecular formula is C8H15N3. The molecule has 1 aromatic rings. The van der Waals surface area contributed by atoms with Gasteiger partial charge in [0.1, 0.15) is 0 Å². The molecule has 62 valence electrons. The molecule has 1 rings (SSSR count). The fourth-order valence-electron chi connectivity index (χ4n) is 1.07. The van der Waals surface area contributed by atoms with Crippen LogP contribution in [0.5, 0.6) is 0 Å². The SMILES string of the molecule is CCNC(C)c1cn(C)cn1. The highest BCUT2D eigenvalue weighted by Gasteiger charge is 2.04. The predicted octanol–water partition coefficient (Wildman–Crippen LogP) is 1.09. The second kappa shape index (κ2) is 3.53. The van der Waals surface area contributed by atoms with Crippen LogP contribution in [0.4, 0.5) is 0 Å². The molecule has 0 fully saturated rings. The zero-order valence-electron chi connectivity index (χ0n) is 7.33. The van der Waals surface area contributed by atoms with Crippen molar-refractivity contribution in [3.63, 3.8) is 0 Å². The van der Waals surface area contributed by atoms with Crippen molar-refractivity contribution in [3.8, 4) is 0 Å². The monoisotopic (exact) mass is 153 g/mol. The third-order valence-electron chi connectivity index (χ3n) is 1.68. The van der Waals surface area contributed by atoms with E-state index in [0.29, 0.717) is 6.04 Å². The summed E-state index contributed by atoms with van der Waals surface area (Å²) in [6.45, 7) is 5.20. The zero-order chi connectivity index (χ0) is 8.27. The first-order valence-electron chi connectivity index (χ1n) is 3.95. The minimum Gasteiger partial charge on any atom is -0.340 e. The molecule has 1 N–H and O–H groups in total. The second-order valence-electron chi connectivity index (χ2n) is 2.74. The number of nitrogens with one attached hydrogen (secondary N) is 1. The average Bonchev–Trinajstić information content (AvgIpc) is 2.36. The maximum absolute atomic E-state index is 4.23. The van der Waals surface area contributed by atoms with Gasteiger partial charge in [-0.3, -0.25) is 0 Å². The molecule has 1 unspecified atom stereocenters. The van der Waals surface area contributed by atoms with Crippen LogP contribution in [-0.4, -0.2) is 16.1 Å². The van der Waals surface area contributed by atoms with Crippen molar-refractivity contribution in [2.24, 2.45) is 7.05 Å². The number of hydrogen-bond donors (Lipinski definition) is 1. The number of imidazole rings is 1. The molecule has 0 saturated heterocycles. The summed E-state index contributed by atoms with van der Waals surface area (Å²) in [5, 5.41) is 3.30. The standard InChI is InChI=1S/C8H15N3/c1-4-9-7(2)8-5-11(3)6-10-8/h5-7,9H,4H2,1-3H3. The fraction of sp³-hybridized carbons (Fsp3) is 0.625. The molecule has 0 aliphatic heterocycles. The normalized spacial score (nSPS) is 13.4. The maximum Gasteiger partial charge on any atom is 0.0947 e. The van der Waals surface area contributed by atoms with Crippen molar-refractivity contribution < 1.29 is 0 Å². The second-order valence-corrected chi connectivity index (χ2v) is 2.74. The van der Waals surface area contributed by atoms with Gasteiger partial charge in [0.2, 0.25) is 0 Å². The predicted molar refractivity (Wildman–Crippen MR) is 45.3 cm³/mol. The van der Waals surface area contributed by atoms with Crippen LogP contribution in [0.15, 0.2) is 12.5 Å². The molecule has 1 atom stereocenters. The first-order valence-corrected chi connectivity index (χ1v) is 3.95. The summed E-state index contributed by atoms with van der Waals surface area (Å²) >= 11 is 0. The molecule has 0 aliphatic rings. The van der Waals surface area contributed by atoms with Crippen LogP contribution >= 0.6 is 0 Å². The van der Waals surface area contributed by atoms with E-state index in [0.717, 1.165) is 12.2 Å². The molecule has 0 spiro atoms. The summed E-state index contributed by atoms with van der Waals surface area (Å²) in [6, 6.07) is 0.362. The van der Waals surface area contributed by atoms with E-state index < -0.39 is 0 Å². The lowest BCUT2D eigenvalue weighted by molar-refractivity contribution is 0.585. The lowest BCUT2D eigenvalue weighted by atomic mass is 10.2. The van der Waals surface area contributed by atoms with E-state index in [-0.39, 0.29) is 0 Å². The molecule has 0 aromatic carbocycles. The van der Waals surface area contributed by atoms with Gasteiger partial charge in [-0.1, -0.05) is 6.92 Å². The molecule has 1 heterocycles. The number of aryl methyl sites for hydroxylation is 1. The molecule has 0 amide bonds. The zero-order valence-corrected chi connectivity index (χ0v) is 7.33. The molecular weight excluding hydrogens is 138 g/mol. The third-order valence-corrected chi connectivity index (χ3v) is 1.68. The molecule has 0 aliphatic carbocycles. The summed E-state index contributed by atoms with van der Waals surface area (Å²) in [6.07, 6.45) is 3.86. The Morgan fingerprint density at radius 2 is 2.45 bits per heavy atom. The van der Waals surface area contributed by atoms with Crippen molar-refractivity contribution in [2.75, 3.05) is 6.54 Å². The van der Waals surface area contributed by atoms with Crippen LogP contribution in [-0.2, 0) is 7.05 Å². The van der Waals surface area contributed by atoms with Crippen molar-refractivity contribution in [1.82, 2.24) is 14.9 Å². The summed E-state index contributed by atoms with van der Waals surface area (Å²) in [5.41, 5.74) is 1.11. The van der Waals surface area contributed by atoms with E-state index >= 15 is 0 Å². The Morgan fingerprint density at radius 1 is 1.73 bits per heavy atom. The Labute approximate surface area is 67.4 Å². The van der Waals surface area contributed by atoms with E-state index in [9.17, 15) is 0 Å². The van der Waals surface area contributed by atoms with Gasteiger partial charge in [-0.05, 0) is 13.5 Å². The van der Waals surface area contributed by atoms with Gasteiger partial charge in [0, 0.05) is 19.3 Å². The van der Waals surface area contributed by atoms with Gasteiger partial charge in [0.05, 0.1) is 12.0 Å². The first-order chi connectivity index (χ1) is 5.24. The van der Waals surface area contributed by atoms with E-state index in [4.69, 9.17) is 0 Å². The van der Waals surface area contributed by atoms with E-state index in [1.807, 2.05) is 24.1 Å². The number of hydrogen-bond acceptors (Lipinski definition) is 2. The van der Waals surface area contributed by atoms with E-state index in [2.05, 4.69) is 24.1 Å². The summed E-state index contributed by atoms with van der Waals surface area (Å²) in [5.74, 6) is 0. The van der Waals surface area contributed by atoms with Crippen molar-refractivity contribution in [1.29, 1.82) is 0 Å². The molecule has 0 saturated carbocycles. The van der Waals surface area contributed by atoms with Crippen molar-refractivity contribution in [2.45, 2.75) is 19.9 Å². The van der Waals surface area contributed by atoms with Gasteiger partial charge in [-0.15, -0.1) is 0 Å². The number of nitrogens with zero attached hydrogens (tertiary/aromatic N) is 2. The van der Waals surface area contributed by atoms with Crippen LogP contribution in [0.2, 0.25) is 0 Å². The summed E-state index contributed by atoms with van der Waals surface area (Å²) in [7, 11) is 1.98. The van der Waals surface area contributed by atoms with Gasteiger partial charge in [-0.25, -0.2) is 4.98 Å². The minimum atomic E-state index is 0.362. The maximum atomic E-state index is 4.23. The first kappa shape index (κ1) is 8.27. The Morgan fingerprint density at radius 3 is 2.91 bits per heavy atom. The molecule has 0 radical (unpaired) electrons. The fourth-order valence-corrected chi connectivity index (χ4v) is 1.07. The average molecular weight is 153 g/mol. The van der Waals surface area contributed by atoms with Gasteiger partial charge in [0.25, 0.3) is 0 Å². The smallest absolute Gasteiger partial charge is 0.0947 e. The van der Waals surface area contributed by atoms with Crippen molar-refractivity contribution in [3.05, 3.63) is 18.2 Å². The molecule has 0 bridgehead atoms. The highest BCUT2D eigenvalue weighted by molar-refractivity contribution is 5.01. The Bertz CT molecular complexity index is 217. The van der Waals surface area contributed by atoms with Crippen LogP contribution in [0, 0.1) is 0 Å². The highest BCUT2D eigenvalue weighted by atomic mass is 15.0. The quantitative estimate of drug-likeness (QED) is 0.704.